The summed E-state index contributed by atoms with van der Waals surface area (Å²) >= 11 is 0. The molecule has 1 nitrogen and oxygen atoms in total. The fraction of sp³-hybridized carbons (Fsp3) is 0.538. The Bertz CT molecular complexity index is 211. The molecule has 0 aromatic heterocycles. The van der Waals surface area contributed by atoms with Crippen molar-refractivity contribution in [3.8, 4) is 0 Å². The van der Waals surface area contributed by atoms with Crippen LogP contribution in [-0.2, 0) is 4.74 Å². The third-order valence-electron chi connectivity index (χ3n) is 1.99. The van der Waals surface area contributed by atoms with E-state index in [1.807, 2.05) is 32.1 Å². The van der Waals surface area contributed by atoms with Crippen LogP contribution in [0.5, 0.6) is 0 Å². The Kier molecular flexibility index (Phi) is 8.25. The summed E-state index contributed by atoms with van der Waals surface area (Å²) in [5.41, 5.74) is 1.21. The van der Waals surface area contributed by atoms with Gasteiger partial charge in [-0.1, -0.05) is 37.3 Å². The van der Waals surface area contributed by atoms with Crippen molar-refractivity contribution in [3.63, 3.8) is 0 Å². The molecule has 1 unspecified atom stereocenters. The molecule has 0 N–H and O–H groups in total. The van der Waals surface area contributed by atoms with E-state index in [4.69, 9.17) is 4.74 Å². The predicted octanol–water partition coefficient (Wildman–Crippen LogP) is 3.88. The summed E-state index contributed by atoms with van der Waals surface area (Å²) in [5, 5.41) is 0. The minimum absolute atomic E-state index is 0.342. The van der Waals surface area contributed by atoms with Crippen molar-refractivity contribution in [3.05, 3.63) is 36.0 Å². The molecule has 0 heterocycles. The molecule has 0 amide bonds. The Labute approximate surface area is 88.2 Å². The third kappa shape index (κ3) is 6.67. The van der Waals surface area contributed by atoms with Gasteiger partial charge in [0.1, 0.15) is 0 Å². The summed E-state index contributed by atoms with van der Waals surface area (Å²) in [6.45, 7) is 8.97. The van der Waals surface area contributed by atoms with Crippen LogP contribution in [0.3, 0.4) is 0 Å². The number of ether oxygens (including phenoxy) is 1. The summed E-state index contributed by atoms with van der Waals surface area (Å²) in [6, 6.07) is 0. The van der Waals surface area contributed by atoms with Gasteiger partial charge in [-0.05, 0) is 32.8 Å². The van der Waals surface area contributed by atoms with E-state index in [2.05, 4.69) is 26.0 Å². The van der Waals surface area contributed by atoms with E-state index in [1.165, 1.54) is 5.57 Å². The quantitative estimate of drug-likeness (QED) is 0.583. The Morgan fingerprint density at radius 1 is 1.29 bits per heavy atom. The van der Waals surface area contributed by atoms with Crippen molar-refractivity contribution in [2.75, 3.05) is 6.61 Å². The molecule has 1 heteroatoms. The molecule has 1 atom stereocenters. The van der Waals surface area contributed by atoms with Gasteiger partial charge < -0.3 is 4.74 Å². The van der Waals surface area contributed by atoms with Crippen LogP contribution in [0.1, 0.15) is 34.1 Å². The molecule has 80 valence electrons. The van der Waals surface area contributed by atoms with Gasteiger partial charge in [-0.2, -0.15) is 0 Å². The lowest BCUT2D eigenvalue weighted by Crippen LogP contribution is -2.08. The maximum atomic E-state index is 5.65. The van der Waals surface area contributed by atoms with Gasteiger partial charge >= 0.3 is 0 Å². The monoisotopic (exact) mass is 194 g/mol. The highest BCUT2D eigenvalue weighted by atomic mass is 16.5. The molecule has 0 aromatic carbocycles. The third-order valence-corrected chi connectivity index (χ3v) is 1.99. The first kappa shape index (κ1) is 13.2. The molecule has 0 spiro atoms. The Morgan fingerprint density at radius 2 is 2.00 bits per heavy atom. The average molecular weight is 194 g/mol. The SMILES string of the molecule is C\C=C/C=C(\C=C/C)COC(C)CC. The molecule has 0 aliphatic rings. The highest BCUT2D eigenvalue weighted by Crippen LogP contribution is 2.03. The predicted molar refractivity (Wildman–Crippen MR) is 63.4 cm³/mol. The summed E-state index contributed by atoms with van der Waals surface area (Å²) in [7, 11) is 0. The van der Waals surface area contributed by atoms with E-state index in [9.17, 15) is 0 Å². The van der Waals surface area contributed by atoms with E-state index in [0.717, 1.165) is 6.42 Å². The van der Waals surface area contributed by atoms with Gasteiger partial charge in [0.15, 0.2) is 0 Å². The van der Waals surface area contributed by atoms with Gasteiger partial charge in [0.05, 0.1) is 12.7 Å². The van der Waals surface area contributed by atoms with Crippen LogP contribution in [0.15, 0.2) is 36.0 Å². The second-order valence-corrected chi connectivity index (χ2v) is 3.30. The van der Waals surface area contributed by atoms with Crippen molar-refractivity contribution in [1.29, 1.82) is 0 Å². The summed E-state index contributed by atoms with van der Waals surface area (Å²) in [5.74, 6) is 0. The van der Waals surface area contributed by atoms with E-state index < -0.39 is 0 Å². The Hall–Kier alpha value is -0.820. The second-order valence-electron chi connectivity index (χ2n) is 3.30. The zero-order valence-electron chi connectivity index (χ0n) is 9.79. The van der Waals surface area contributed by atoms with Crippen molar-refractivity contribution < 1.29 is 4.74 Å². The van der Waals surface area contributed by atoms with Crippen molar-refractivity contribution in [2.24, 2.45) is 0 Å². The molecule has 0 fully saturated rings. The smallest absolute Gasteiger partial charge is 0.0720 e. The molecule has 14 heavy (non-hydrogen) atoms. The number of hydrogen-bond acceptors (Lipinski definition) is 1. The van der Waals surface area contributed by atoms with Crippen LogP contribution >= 0.6 is 0 Å². The van der Waals surface area contributed by atoms with Gasteiger partial charge in [-0.15, -0.1) is 0 Å². The summed E-state index contributed by atoms with van der Waals surface area (Å²) < 4.78 is 5.65. The maximum Gasteiger partial charge on any atom is 0.0720 e. The van der Waals surface area contributed by atoms with Crippen molar-refractivity contribution >= 4 is 0 Å². The van der Waals surface area contributed by atoms with E-state index in [1.54, 1.807) is 0 Å². The Balaban J connectivity index is 4.10. The van der Waals surface area contributed by atoms with E-state index in [0.29, 0.717) is 12.7 Å². The van der Waals surface area contributed by atoms with Gasteiger partial charge in [0.25, 0.3) is 0 Å². The second kappa shape index (κ2) is 8.76. The molecule has 0 aliphatic carbocycles. The maximum absolute atomic E-state index is 5.65. The first-order chi connectivity index (χ1) is 6.74. The van der Waals surface area contributed by atoms with Gasteiger partial charge in [0.2, 0.25) is 0 Å². The van der Waals surface area contributed by atoms with Crippen molar-refractivity contribution in [1.82, 2.24) is 0 Å². The average Bonchev–Trinajstić information content (AvgIpc) is 2.21. The molecular formula is C13H22O. The lowest BCUT2D eigenvalue weighted by Gasteiger charge is -2.10. The zero-order valence-corrected chi connectivity index (χ0v) is 9.79. The first-order valence-electron chi connectivity index (χ1n) is 5.30. The fourth-order valence-electron chi connectivity index (χ4n) is 0.942. The number of allylic oxidation sites excluding steroid dienone is 4. The minimum Gasteiger partial charge on any atom is -0.374 e. The van der Waals surface area contributed by atoms with Crippen LogP contribution in [0.25, 0.3) is 0 Å². The highest BCUT2D eigenvalue weighted by Gasteiger charge is 1.98. The van der Waals surface area contributed by atoms with E-state index in [-0.39, 0.29) is 0 Å². The molecule has 0 radical (unpaired) electrons. The van der Waals surface area contributed by atoms with Crippen LogP contribution < -0.4 is 0 Å². The first-order valence-corrected chi connectivity index (χ1v) is 5.30. The molecule has 0 aliphatic heterocycles. The molecule has 0 saturated carbocycles. The standard InChI is InChI=1S/C13H22O/c1-5-8-10-13(9-6-2)11-14-12(4)7-3/h5-6,8-10,12H,7,11H2,1-4H3/b8-5-,9-6-,13-10+. The normalized spacial score (nSPS) is 15.6. The highest BCUT2D eigenvalue weighted by molar-refractivity contribution is 5.23. The van der Waals surface area contributed by atoms with Gasteiger partial charge in [-0.25, -0.2) is 0 Å². The number of rotatable bonds is 6. The van der Waals surface area contributed by atoms with E-state index >= 15 is 0 Å². The van der Waals surface area contributed by atoms with Crippen LogP contribution in [0.4, 0.5) is 0 Å². The molecule has 0 bridgehead atoms. The zero-order chi connectivity index (χ0) is 10.8. The van der Waals surface area contributed by atoms with Gasteiger partial charge in [0, 0.05) is 0 Å². The lowest BCUT2D eigenvalue weighted by atomic mass is 10.2. The van der Waals surface area contributed by atoms with Crippen LogP contribution in [0, 0.1) is 0 Å². The van der Waals surface area contributed by atoms with Crippen LogP contribution in [-0.4, -0.2) is 12.7 Å². The largest absolute Gasteiger partial charge is 0.374 e. The van der Waals surface area contributed by atoms with Crippen LogP contribution in [0.2, 0.25) is 0 Å². The molecular weight excluding hydrogens is 172 g/mol. The van der Waals surface area contributed by atoms with Gasteiger partial charge in [-0.3, -0.25) is 0 Å². The number of hydrogen-bond donors (Lipinski definition) is 0. The fourth-order valence-corrected chi connectivity index (χ4v) is 0.942. The molecule has 0 saturated heterocycles. The van der Waals surface area contributed by atoms with Crippen molar-refractivity contribution in [2.45, 2.75) is 40.2 Å². The molecule has 0 rings (SSSR count). The molecule has 0 aromatic rings. The summed E-state index contributed by atoms with van der Waals surface area (Å²) in [6.07, 6.45) is 11.7. The lowest BCUT2D eigenvalue weighted by molar-refractivity contribution is 0.0823. The topological polar surface area (TPSA) is 9.23 Å². The minimum atomic E-state index is 0.342. The summed E-state index contributed by atoms with van der Waals surface area (Å²) in [4.78, 5) is 0. The Morgan fingerprint density at radius 3 is 2.50 bits per heavy atom.